The van der Waals surface area contributed by atoms with Gasteiger partial charge < -0.3 is 15.5 Å². The van der Waals surface area contributed by atoms with Crippen molar-refractivity contribution < 1.29 is 9.59 Å². The highest BCUT2D eigenvalue weighted by Gasteiger charge is 2.38. The van der Waals surface area contributed by atoms with E-state index in [2.05, 4.69) is 0 Å². The lowest BCUT2D eigenvalue weighted by atomic mass is 9.80. The third-order valence-electron chi connectivity index (χ3n) is 5.84. The number of benzene rings is 1. The molecule has 5 nitrogen and oxygen atoms in total. The van der Waals surface area contributed by atoms with Gasteiger partial charge in [-0.25, -0.2) is 0 Å². The highest BCUT2D eigenvalue weighted by atomic mass is 16.2. The van der Waals surface area contributed by atoms with E-state index in [1.807, 2.05) is 61.0 Å². The molecule has 2 N–H and O–H groups in total. The number of carbonyl (C=O) groups excluding carboxylic acids is 2. The molecule has 1 saturated heterocycles. The van der Waals surface area contributed by atoms with Crippen molar-refractivity contribution in [2.24, 2.45) is 11.1 Å². The van der Waals surface area contributed by atoms with Crippen molar-refractivity contribution in [3.05, 3.63) is 35.9 Å². The molecule has 1 aliphatic rings. The van der Waals surface area contributed by atoms with Gasteiger partial charge in [-0.15, -0.1) is 0 Å². The van der Waals surface area contributed by atoms with Crippen LogP contribution in [0.3, 0.4) is 0 Å². The van der Waals surface area contributed by atoms with Crippen molar-refractivity contribution in [3.8, 4) is 0 Å². The number of amides is 2. The molecule has 1 aliphatic heterocycles. The maximum atomic E-state index is 13.0. The first-order chi connectivity index (χ1) is 12.0. The molecule has 25 heavy (non-hydrogen) atoms. The topological polar surface area (TPSA) is 66.6 Å². The summed E-state index contributed by atoms with van der Waals surface area (Å²) >= 11 is 0. The third-order valence-corrected chi connectivity index (χ3v) is 5.84. The molecule has 0 saturated carbocycles. The minimum atomic E-state index is -0.453. The number of piperidine rings is 1. The molecule has 0 atom stereocenters. The quantitative estimate of drug-likeness (QED) is 0.861. The van der Waals surface area contributed by atoms with E-state index in [0.29, 0.717) is 19.6 Å². The third kappa shape index (κ3) is 4.03. The minimum Gasteiger partial charge on any atom is -0.342 e. The van der Waals surface area contributed by atoms with Crippen LogP contribution in [0, 0.1) is 5.41 Å². The molecule has 1 fully saturated rings. The number of likely N-dealkylation sites (tertiary alicyclic amines) is 1. The van der Waals surface area contributed by atoms with Gasteiger partial charge in [0.2, 0.25) is 5.91 Å². The van der Waals surface area contributed by atoms with Crippen molar-refractivity contribution >= 4 is 11.8 Å². The van der Waals surface area contributed by atoms with Gasteiger partial charge in [0.1, 0.15) is 0 Å². The number of carbonyl (C=O) groups is 2. The molecule has 5 heteroatoms. The molecule has 138 valence electrons. The Morgan fingerprint density at radius 1 is 1.16 bits per heavy atom. The molecule has 0 aliphatic carbocycles. The average Bonchev–Trinajstić information content (AvgIpc) is 2.69. The predicted molar refractivity (Wildman–Crippen MR) is 100 cm³/mol. The van der Waals surface area contributed by atoms with Crippen LogP contribution in [0.2, 0.25) is 0 Å². The summed E-state index contributed by atoms with van der Waals surface area (Å²) in [6, 6.07) is 9.55. The Morgan fingerprint density at radius 2 is 1.72 bits per heavy atom. The fraction of sp³-hybridized carbons (Fsp3) is 0.600. The number of hydrogen-bond donors (Lipinski definition) is 1. The maximum Gasteiger partial charge on any atom is 0.253 e. The molecule has 2 rings (SSSR count). The summed E-state index contributed by atoms with van der Waals surface area (Å²) in [4.78, 5) is 29.3. The Morgan fingerprint density at radius 3 is 2.20 bits per heavy atom. The van der Waals surface area contributed by atoms with Gasteiger partial charge in [-0.05, 0) is 37.8 Å². The van der Waals surface area contributed by atoms with E-state index in [1.165, 1.54) is 0 Å². The van der Waals surface area contributed by atoms with Crippen molar-refractivity contribution in [1.29, 1.82) is 0 Å². The Kier molecular flexibility index (Phi) is 6.59. The lowest BCUT2D eigenvalue weighted by Crippen LogP contribution is -2.53. The van der Waals surface area contributed by atoms with Gasteiger partial charge in [0.15, 0.2) is 0 Å². The fourth-order valence-electron chi connectivity index (χ4n) is 3.69. The van der Waals surface area contributed by atoms with E-state index in [-0.39, 0.29) is 17.9 Å². The van der Waals surface area contributed by atoms with Crippen molar-refractivity contribution in [2.45, 2.75) is 45.6 Å². The second-order valence-electron chi connectivity index (χ2n) is 7.00. The van der Waals surface area contributed by atoms with E-state index in [4.69, 9.17) is 5.73 Å². The smallest absolute Gasteiger partial charge is 0.253 e. The summed E-state index contributed by atoms with van der Waals surface area (Å²) in [7, 11) is 1.89. The zero-order chi connectivity index (χ0) is 18.4. The van der Waals surface area contributed by atoms with E-state index in [0.717, 1.165) is 31.2 Å². The van der Waals surface area contributed by atoms with Gasteiger partial charge in [-0.1, -0.05) is 32.0 Å². The Labute approximate surface area is 151 Å². The lowest BCUT2D eigenvalue weighted by Gasteiger charge is -2.41. The number of rotatable bonds is 6. The fourth-order valence-corrected chi connectivity index (χ4v) is 3.69. The predicted octanol–water partition coefficient (Wildman–Crippen LogP) is 2.51. The summed E-state index contributed by atoms with van der Waals surface area (Å²) in [6.07, 6.45) is 3.15. The van der Waals surface area contributed by atoms with Crippen molar-refractivity contribution in [2.75, 3.05) is 26.7 Å². The normalized spacial score (nSPS) is 15.9. The van der Waals surface area contributed by atoms with Gasteiger partial charge in [-0.3, -0.25) is 9.59 Å². The van der Waals surface area contributed by atoms with Crippen LogP contribution in [0.1, 0.15) is 49.9 Å². The SMILES string of the molecule is CCC(CC)(CN)C(=O)N(C)C1CCN(C(=O)c2ccccc2)CC1. The monoisotopic (exact) mass is 345 g/mol. The zero-order valence-electron chi connectivity index (χ0n) is 15.7. The van der Waals surface area contributed by atoms with Crippen molar-refractivity contribution in [3.63, 3.8) is 0 Å². The molecule has 2 amide bonds. The summed E-state index contributed by atoms with van der Waals surface area (Å²) < 4.78 is 0. The molecule has 0 aromatic heterocycles. The highest BCUT2D eigenvalue weighted by molar-refractivity contribution is 5.94. The maximum absolute atomic E-state index is 13.0. The molecular weight excluding hydrogens is 314 g/mol. The van der Waals surface area contributed by atoms with Crippen molar-refractivity contribution in [1.82, 2.24) is 9.80 Å². The summed E-state index contributed by atoms with van der Waals surface area (Å²) in [6.45, 7) is 5.81. The molecule has 1 aromatic carbocycles. The van der Waals surface area contributed by atoms with Gasteiger partial charge in [0.05, 0.1) is 5.41 Å². The number of nitrogens with two attached hydrogens (primary N) is 1. The lowest BCUT2D eigenvalue weighted by molar-refractivity contribution is -0.143. The van der Waals surface area contributed by atoms with Gasteiger partial charge in [0.25, 0.3) is 5.91 Å². The number of nitrogens with zero attached hydrogens (tertiary/aromatic N) is 2. The summed E-state index contributed by atoms with van der Waals surface area (Å²) in [5, 5.41) is 0. The zero-order valence-corrected chi connectivity index (χ0v) is 15.7. The molecular formula is C20H31N3O2. The first-order valence-electron chi connectivity index (χ1n) is 9.30. The Hall–Kier alpha value is -1.88. The van der Waals surface area contributed by atoms with Crippen LogP contribution in [0.15, 0.2) is 30.3 Å². The van der Waals surface area contributed by atoms with E-state index < -0.39 is 5.41 Å². The minimum absolute atomic E-state index is 0.0754. The molecule has 0 bridgehead atoms. The first kappa shape index (κ1) is 19.4. The molecule has 0 spiro atoms. The van der Waals surface area contributed by atoms with Crippen LogP contribution >= 0.6 is 0 Å². The van der Waals surface area contributed by atoms with Crippen LogP contribution < -0.4 is 5.73 Å². The number of hydrogen-bond acceptors (Lipinski definition) is 3. The largest absolute Gasteiger partial charge is 0.342 e. The summed E-state index contributed by atoms with van der Waals surface area (Å²) in [5.74, 6) is 0.222. The van der Waals surface area contributed by atoms with Crippen LogP contribution in [0.5, 0.6) is 0 Å². The second-order valence-corrected chi connectivity index (χ2v) is 7.00. The van der Waals surface area contributed by atoms with Crippen LogP contribution in [0.25, 0.3) is 0 Å². The van der Waals surface area contributed by atoms with E-state index in [1.54, 1.807) is 0 Å². The first-order valence-corrected chi connectivity index (χ1v) is 9.30. The standard InChI is InChI=1S/C20H31N3O2/c1-4-20(5-2,15-21)19(25)22(3)17-11-13-23(14-12-17)18(24)16-9-7-6-8-10-16/h6-10,17H,4-5,11-15,21H2,1-3H3. The van der Waals surface area contributed by atoms with Crippen LogP contribution in [0.4, 0.5) is 0 Å². The van der Waals surface area contributed by atoms with Gasteiger partial charge in [-0.2, -0.15) is 0 Å². The van der Waals surface area contributed by atoms with Gasteiger partial charge in [0, 0.05) is 38.3 Å². The Bertz CT molecular complexity index is 568. The van der Waals surface area contributed by atoms with Crippen LogP contribution in [-0.4, -0.2) is 54.3 Å². The molecule has 0 unspecified atom stereocenters. The van der Waals surface area contributed by atoms with Gasteiger partial charge >= 0.3 is 0 Å². The van der Waals surface area contributed by atoms with E-state index >= 15 is 0 Å². The molecule has 1 heterocycles. The molecule has 1 aromatic rings. The Balaban J connectivity index is 1.97. The van der Waals surface area contributed by atoms with Crippen LogP contribution in [-0.2, 0) is 4.79 Å². The highest BCUT2D eigenvalue weighted by Crippen LogP contribution is 2.29. The van der Waals surface area contributed by atoms with E-state index in [9.17, 15) is 9.59 Å². The average molecular weight is 345 g/mol. The summed E-state index contributed by atoms with van der Waals surface area (Å²) in [5.41, 5.74) is 6.20. The second kappa shape index (κ2) is 8.48. The molecule has 0 radical (unpaired) electrons.